The molecule has 0 radical (unpaired) electrons. The predicted octanol–water partition coefficient (Wildman–Crippen LogP) is 2.64. The molecule has 1 N–H and O–H groups in total. The number of carbonyl (C=O) groups is 2. The number of aliphatic hydroxyl groups is 1. The summed E-state index contributed by atoms with van der Waals surface area (Å²) in [5.74, 6) is 0.734. The van der Waals surface area contributed by atoms with E-state index in [1.165, 1.54) is 18.4 Å². The zero-order valence-corrected chi connectivity index (χ0v) is 18.6. The normalized spacial score (nSPS) is 34.6. The SMILES string of the molecule is CCOC(=O)C[C@H]1C[C@@]2(O)[C@H]3Cc4ccc(OC)cc4[C@@]2(CCN3CC2CC2)CC1=O. The maximum Gasteiger partial charge on any atom is 0.306 e. The summed E-state index contributed by atoms with van der Waals surface area (Å²) < 4.78 is 10.6. The summed E-state index contributed by atoms with van der Waals surface area (Å²) in [7, 11) is 1.65. The summed E-state index contributed by atoms with van der Waals surface area (Å²) in [5, 5.41) is 12.4. The summed E-state index contributed by atoms with van der Waals surface area (Å²) in [6.07, 6.45) is 4.73. The fourth-order valence-corrected chi connectivity index (χ4v) is 6.56. The van der Waals surface area contributed by atoms with Gasteiger partial charge in [0.1, 0.15) is 11.5 Å². The van der Waals surface area contributed by atoms with Gasteiger partial charge >= 0.3 is 5.97 Å². The van der Waals surface area contributed by atoms with Gasteiger partial charge in [-0.25, -0.2) is 0 Å². The largest absolute Gasteiger partial charge is 0.497 e. The molecule has 2 bridgehead atoms. The standard InChI is InChI=1S/C25H33NO5/c1-3-31-23(28)11-18-13-25(29)22-10-17-6-7-19(30-2)12-20(17)24(25,14-21(18)27)8-9-26(22)15-16-4-5-16/h6-7,12,16,18,22,29H,3-5,8-11,13-15H2,1-2H3/t18-,22+,24+,25+/m0/s1. The molecule has 0 aromatic heterocycles. The first-order chi connectivity index (χ1) is 14.9. The van der Waals surface area contributed by atoms with Crippen molar-refractivity contribution in [3.05, 3.63) is 29.3 Å². The molecule has 0 spiro atoms. The van der Waals surface area contributed by atoms with Crippen LogP contribution >= 0.6 is 0 Å². The Hall–Kier alpha value is -1.92. The van der Waals surface area contributed by atoms with Crippen LogP contribution < -0.4 is 4.74 Å². The average molecular weight is 428 g/mol. The fourth-order valence-electron chi connectivity index (χ4n) is 6.56. The molecular weight excluding hydrogens is 394 g/mol. The number of carbonyl (C=O) groups excluding carboxylic acids is 2. The van der Waals surface area contributed by atoms with E-state index in [1.54, 1.807) is 14.0 Å². The van der Waals surface area contributed by atoms with Gasteiger partial charge in [-0.05, 0) is 74.8 Å². The molecule has 1 heterocycles. The lowest BCUT2D eigenvalue weighted by atomic mass is 9.47. The van der Waals surface area contributed by atoms with Gasteiger partial charge in [0.25, 0.3) is 0 Å². The summed E-state index contributed by atoms with van der Waals surface area (Å²) in [6, 6.07) is 6.10. The Morgan fingerprint density at radius 1 is 1.32 bits per heavy atom. The lowest BCUT2D eigenvalue weighted by molar-refractivity contribution is -0.184. The first-order valence-corrected chi connectivity index (χ1v) is 11.7. The van der Waals surface area contributed by atoms with Crippen LogP contribution in [-0.2, 0) is 26.2 Å². The van der Waals surface area contributed by atoms with E-state index in [0.29, 0.717) is 13.0 Å². The molecule has 3 aliphatic carbocycles. The molecule has 4 aliphatic rings. The van der Waals surface area contributed by atoms with Gasteiger partial charge in [0.2, 0.25) is 0 Å². The number of rotatable bonds is 6. The molecule has 1 aromatic carbocycles. The monoisotopic (exact) mass is 427 g/mol. The number of hydrogen-bond acceptors (Lipinski definition) is 6. The minimum atomic E-state index is -1.04. The number of nitrogens with zero attached hydrogens (tertiary/aromatic N) is 1. The van der Waals surface area contributed by atoms with Crippen molar-refractivity contribution in [2.75, 3.05) is 26.8 Å². The second-order valence-electron chi connectivity index (χ2n) is 9.99. The molecule has 0 amide bonds. The van der Waals surface area contributed by atoms with Crippen molar-refractivity contribution < 1.29 is 24.2 Å². The van der Waals surface area contributed by atoms with Crippen molar-refractivity contribution in [3.63, 3.8) is 0 Å². The van der Waals surface area contributed by atoms with Gasteiger partial charge in [0, 0.05) is 30.3 Å². The highest BCUT2D eigenvalue weighted by Crippen LogP contribution is 2.59. The van der Waals surface area contributed by atoms with Crippen LogP contribution in [0.4, 0.5) is 0 Å². The smallest absolute Gasteiger partial charge is 0.306 e. The third-order valence-electron chi connectivity index (χ3n) is 8.29. The van der Waals surface area contributed by atoms with E-state index in [-0.39, 0.29) is 30.6 Å². The lowest BCUT2D eigenvalue weighted by Gasteiger charge is -2.64. The summed E-state index contributed by atoms with van der Waals surface area (Å²) in [5.41, 5.74) is 0.638. The number of methoxy groups -OCH3 is 1. The van der Waals surface area contributed by atoms with E-state index in [4.69, 9.17) is 9.47 Å². The van der Waals surface area contributed by atoms with Crippen LogP contribution in [-0.4, -0.2) is 60.2 Å². The van der Waals surface area contributed by atoms with Crippen molar-refractivity contribution in [2.45, 2.75) is 68.9 Å². The highest BCUT2D eigenvalue weighted by Gasteiger charge is 2.66. The molecule has 4 atom stereocenters. The molecular formula is C25H33NO5. The van der Waals surface area contributed by atoms with Crippen LogP contribution in [0.5, 0.6) is 5.75 Å². The van der Waals surface area contributed by atoms with Crippen molar-refractivity contribution in [1.82, 2.24) is 4.90 Å². The molecule has 1 aliphatic heterocycles. The highest BCUT2D eigenvalue weighted by atomic mass is 16.5. The molecule has 5 rings (SSSR count). The van der Waals surface area contributed by atoms with E-state index < -0.39 is 16.9 Å². The quantitative estimate of drug-likeness (QED) is 0.704. The van der Waals surface area contributed by atoms with Crippen LogP contribution in [0.15, 0.2) is 18.2 Å². The van der Waals surface area contributed by atoms with Crippen LogP contribution in [0.3, 0.4) is 0 Å². The molecule has 6 heteroatoms. The van der Waals surface area contributed by atoms with E-state index in [9.17, 15) is 14.7 Å². The maximum absolute atomic E-state index is 13.3. The van der Waals surface area contributed by atoms with E-state index >= 15 is 0 Å². The number of Topliss-reactive ketones (excluding diaryl/α,β-unsaturated/α-hetero) is 1. The Labute approximate surface area is 183 Å². The van der Waals surface area contributed by atoms with Gasteiger partial charge in [-0.3, -0.25) is 14.5 Å². The molecule has 1 aromatic rings. The number of benzene rings is 1. The van der Waals surface area contributed by atoms with Crippen molar-refractivity contribution >= 4 is 11.8 Å². The lowest BCUT2D eigenvalue weighted by Crippen LogP contribution is -2.74. The average Bonchev–Trinajstić information content (AvgIpc) is 3.55. The Kier molecular flexibility index (Phi) is 5.13. The number of hydrogen-bond donors (Lipinski definition) is 1. The first kappa shape index (κ1) is 21.0. The van der Waals surface area contributed by atoms with Crippen molar-refractivity contribution in [1.29, 1.82) is 0 Å². The van der Waals surface area contributed by atoms with Crippen molar-refractivity contribution in [3.8, 4) is 5.75 Å². The number of ketones is 1. The molecule has 6 nitrogen and oxygen atoms in total. The number of ether oxygens (including phenoxy) is 2. The molecule has 31 heavy (non-hydrogen) atoms. The molecule has 0 unspecified atom stereocenters. The Bertz CT molecular complexity index is 896. The Morgan fingerprint density at radius 3 is 2.84 bits per heavy atom. The molecule has 1 saturated heterocycles. The Morgan fingerprint density at radius 2 is 2.13 bits per heavy atom. The summed E-state index contributed by atoms with van der Waals surface area (Å²) >= 11 is 0. The molecule has 3 fully saturated rings. The third-order valence-corrected chi connectivity index (χ3v) is 8.29. The minimum absolute atomic E-state index is 0.0273. The second-order valence-corrected chi connectivity index (χ2v) is 9.99. The van der Waals surface area contributed by atoms with Gasteiger partial charge in [-0.2, -0.15) is 0 Å². The third kappa shape index (κ3) is 3.30. The van der Waals surface area contributed by atoms with Crippen LogP contribution in [0.2, 0.25) is 0 Å². The van der Waals surface area contributed by atoms with Gasteiger partial charge in [-0.15, -0.1) is 0 Å². The topological polar surface area (TPSA) is 76.1 Å². The second kappa shape index (κ2) is 7.59. The van der Waals surface area contributed by atoms with Gasteiger partial charge in [0.15, 0.2) is 0 Å². The van der Waals surface area contributed by atoms with E-state index in [1.807, 2.05) is 12.1 Å². The number of likely N-dealkylation sites (tertiary alicyclic amines) is 1. The summed E-state index contributed by atoms with van der Waals surface area (Å²) in [4.78, 5) is 28.0. The predicted molar refractivity (Wildman–Crippen MR) is 115 cm³/mol. The molecule has 168 valence electrons. The number of esters is 1. The Balaban J connectivity index is 1.56. The molecule has 2 saturated carbocycles. The first-order valence-electron chi connectivity index (χ1n) is 11.7. The highest BCUT2D eigenvalue weighted by molar-refractivity contribution is 5.88. The van der Waals surface area contributed by atoms with Gasteiger partial charge < -0.3 is 14.6 Å². The van der Waals surface area contributed by atoms with Crippen molar-refractivity contribution in [2.24, 2.45) is 11.8 Å². The van der Waals surface area contributed by atoms with Crippen LogP contribution in [0.25, 0.3) is 0 Å². The number of piperidine rings is 1. The van der Waals surface area contributed by atoms with Crippen LogP contribution in [0, 0.1) is 11.8 Å². The zero-order valence-electron chi connectivity index (χ0n) is 18.6. The minimum Gasteiger partial charge on any atom is -0.497 e. The van der Waals surface area contributed by atoms with Gasteiger partial charge in [0.05, 0.1) is 25.7 Å². The fraction of sp³-hybridized carbons (Fsp3) is 0.680. The van der Waals surface area contributed by atoms with E-state index in [0.717, 1.165) is 43.2 Å². The van der Waals surface area contributed by atoms with Crippen LogP contribution in [0.1, 0.15) is 56.6 Å². The maximum atomic E-state index is 13.3. The number of fused-ring (bicyclic) bond motifs is 1. The van der Waals surface area contributed by atoms with E-state index in [2.05, 4.69) is 11.0 Å². The van der Waals surface area contributed by atoms with Gasteiger partial charge in [-0.1, -0.05) is 6.07 Å². The summed E-state index contributed by atoms with van der Waals surface area (Å²) in [6.45, 7) is 3.99. The zero-order chi connectivity index (χ0) is 21.8.